The average Bonchev–Trinajstić information content (AvgIpc) is 2.69. The Morgan fingerprint density at radius 3 is 2.46 bits per heavy atom. The van der Waals surface area contributed by atoms with Gasteiger partial charge in [-0.3, -0.25) is 9.59 Å². The number of nitrogens with one attached hydrogen (secondary N) is 1. The van der Waals surface area contributed by atoms with Gasteiger partial charge in [-0.25, -0.2) is 4.39 Å². The Morgan fingerprint density at radius 2 is 1.86 bits per heavy atom. The van der Waals surface area contributed by atoms with E-state index < -0.39 is 11.4 Å². The molecule has 1 heterocycles. The van der Waals surface area contributed by atoms with Crippen LogP contribution in [0.5, 0.6) is 5.75 Å². The number of halogens is 1. The van der Waals surface area contributed by atoms with E-state index in [0.29, 0.717) is 37.3 Å². The van der Waals surface area contributed by atoms with E-state index in [1.807, 2.05) is 6.07 Å². The summed E-state index contributed by atoms with van der Waals surface area (Å²) >= 11 is 0. The topological polar surface area (TPSA) is 88.4 Å². The van der Waals surface area contributed by atoms with Crippen molar-refractivity contribution in [3.8, 4) is 11.8 Å². The summed E-state index contributed by atoms with van der Waals surface area (Å²) in [4.78, 5) is 24.3. The van der Waals surface area contributed by atoms with Crippen molar-refractivity contribution in [2.45, 2.75) is 25.2 Å². The molecule has 0 atom stereocenters. The summed E-state index contributed by atoms with van der Waals surface area (Å²) < 4.78 is 23.7. The minimum Gasteiger partial charge on any atom is -0.427 e. The lowest BCUT2D eigenvalue weighted by molar-refractivity contribution is -0.132. The monoisotopic (exact) mass is 382 g/mol. The van der Waals surface area contributed by atoms with Crippen LogP contribution in [0.1, 0.15) is 30.9 Å². The van der Waals surface area contributed by atoms with Crippen molar-refractivity contribution >= 4 is 17.6 Å². The van der Waals surface area contributed by atoms with Gasteiger partial charge < -0.3 is 14.8 Å². The quantitative estimate of drug-likeness (QED) is 0.647. The summed E-state index contributed by atoms with van der Waals surface area (Å²) in [5.41, 5.74) is 0.308. The average molecular weight is 382 g/mol. The fraction of sp³-hybridized carbons (Fsp3) is 0.286. The van der Waals surface area contributed by atoms with Gasteiger partial charge in [0.25, 0.3) is 0 Å². The van der Waals surface area contributed by atoms with Crippen LogP contribution in [-0.2, 0) is 19.7 Å². The Morgan fingerprint density at radius 1 is 1.18 bits per heavy atom. The zero-order chi connectivity index (χ0) is 20.1. The number of carbonyl (C=O) groups is 2. The van der Waals surface area contributed by atoms with E-state index in [1.54, 1.807) is 12.1 Å². The number of benzene rings is 2. The molecule has 0 aromatic heterocycles. The lowest BCUT2D eigenvalue weighted by atomic mass is 9.73. The Kier molecular flexibility index (Phi) is 5.71. The van der Waals surface area contributed by atoms with Crippen molar-refractivity contribution in [3.05, 3.63) is 59.4 Å². The molecule has 144 valence electrons. The van der Waals surface area contributed by atoms with Crippen LogP contribution < -0.4 is 10.1 Å². The van der Waals surface area contributed by atoms with Crippen LogP contribution in [0.4, 0.5) is 10.1 Å². The molecule has 28 heavy (non-hydrogen) atoms. The number of anilines is 1. The lowest BCUT2D eigenvalue weighted by Gasteiger charge is -2.36. The van der Waals surface area contributed by atoms with Gasteiger partial charge in [-0.05, 0) is 42.7 Å². The molecule has 0 aliphatic carbocycles. The van der Waals surface area contributed by atoms with Crippen molar-refractivity contribution in [2.75, 3.05) is 18.5 Å². The van der Waals surface area contributed by atoms with Crippen molar-refractivity contribution in [2.24, 2.45) is 0 Å². The van der Waals surface area contributed by atoms with E-state index in [0.717, 1.165) is 0 Å². The standard InChI is InChI=1S/C21H19FN2O4/c1-14(25)28-18-6-7-19(15(12-18)13-23)24-20(26)21(8-10-27-11-9-21)16-2-4-17(22)5-3-16/h2-7,12H,8-11H2,1H3,(H,24,26). The molecule has 0 saturated carbocycles. The molecule has 0 bridgehead atoms. The van der Waals surface area contributed by atoms with Crippen LogP contribution in [-0.4, -0.2) is 25.1 Å². The summed E-state index contributed by atoms with van der Waals surface area (Å²) in [5.74, 6) is -0.946. The maximum absolute atomic E-state index is 13.4. The molecule has 0 unspecified atom stereocenters. The first-order chi connectivity index (χ1) is 13.4. The second-order valence-electron chi connectivity index (χ2n) is 6.57. The van der Waals surface area contributed by atoms with Crippen LogP contribution >= 0.6 is 0 Å². The molecule has 2 aromatic carbocycles. The van der Waals surface area contributed by atoms with Crippen molar-refractivity contribution in [1.82, 2.24) is 0 Å². The molecule has 1 N–H and O–H groups in total. The summed E-state index contributed by atoms with van der Waals surface area (Å²) in [6.07, 6.45) is 0.885. The molecule has 2 aromatic rings. The maximum atomic E-state index is 13.4. The van der Waals surface area contributed by atoms with Gasteiger partial charge >= 0.3 is 5.97 Å². The lowest BCUT2D eigenvalue weighted by Crippen LogP contribution is -2.45. The van der Waals surface area contributed by atoms with Gasteiger partial charge in [-0.1, -0.05) is 12.1 Å². The minimum atomic E-state index is -0.882. The highest BCUT2D eigenvalue weighted by molar-refractivity contribution is 6.00. The zero-order valence-electron chi connectivity index (χ0n) is 15.3. The molecule has 1 amide bonds. The number of amides is 1. The van der Waals surface area contributed by atoms with Crippen LogP contribution in [0.3, 0.4) is 0 Å². The molecule has 0 radical (unpaired) electrons. The highest BCUT2D eigenvalue weighted by Crippen LogP contribution is 2.37. The second kappa shape index (κ2) is 8.19. The van der Waals surface area contributed by atoms with Gasteiger partial charge in [0.15, 0.2) is 0 Å². The number of hydrogen-bond donors (Lipinski definition) is 1. The Labute approximate surface area is 161 Å². The highest BCUT2D eigenvalue weighted by atomic mass is 19.1. The SMILES string of the molecule is CC(=O)Oc1ccc(NC(=O)C2(c3ccc(F)cc3)CCOCC2)c(C#N)c1. The zero-order valence-corrected chi connectivity index (χ0v) is 15.3. The number of hydrogen-bond acceptors (Lipinski definition) is 5. The fourth-order valence-corrected chi connectivity index (χ4v) is 3.33. The van der Waals surface area contributed by atoms with Gasteiger partial charge in [-0.2, -0.15) is 5.26 Å². The normalized spacial score (nSPS) is 15.3. The summed E-state index contributed by atoms with van der Waals surface area (Å²) in [6, 6.07) is 12.3. The molecule has 1 fully saturated rings. The smallest absolute Gasteiger partial charge is 0.308 e. The van der Waals surface area contributed by atoms with E-state index >= 15 is 0 Å². The summed E-state index contributed by atoms with van der Waals surface area (Å²) in [6.45, 7) is 2.07. The van der Waals surface area contributed by atoms with Crippen molar-refractivity contribution in [3.63, 3.8) is 0 Å². The third kappa shape index (κ3) is 4.02. The fourth-order valence-electron chi connectivity index (χ4n) is 3.33. The molecule has 7 heteroatoms. The second-order valence-corrected chi connectivity index (χ2v) is 6.57. The molecule has 6 nitrogen and oxygen atoms in total. The number of carbonyl (C=O) groups excluding carboxylic acids is 2. The number of nitriles is 1. The number of rotatable bonds is 4. The van der Waals surface area contributed by atoms with E-state index in [-0.39, 0.29) is 23.0 Å². The third-order valence-electron chi connectivity index (χ3n) is 4.80. The van der Waals surface area contributed by atoms with E-state index in [1.165, 1.54) is 37.3 Å². The predicted molar refractivity (Wildman–Crippen MR) is 99.2 cm³/mol. The minimum absolute atomic E-state index is 0.174. The van der Waals surface area contributed by atoms with Crippen molar-refractivity contribution in [1.29, 1.82) is 5.26 Å². The van der Waals surface area contributed by atoms with Gasteiger partial charge in [-0.15, -0.1) is 0 Å². The van der Waals surface area contributed by atoms with E-state index in [4.69, 9.17) is 9.47 Å². The first kappa shape index (κ1) is 19.5. The Balaban J connectivity index is 1.91. The largest absolute Gasteiger partial charge is 0.427 e. The Bertz CT molecular complexity index is 928. The molecule has 1 saturated heterocycles. The summed E-state index contributed by atoms with van der Waals surface area (Å²) in [5, 5.41) is 12.2. The van der Waals surface area contributed by atoms with Crippen LogP contribution in [0.2, 0.25) is 0 Å². The first-order valence-electron chi connectivity index (χ1n) is 8.82. The van der Waals surface area contributed by atoms with Gasteiger partial charge in [0, 0.05) is 26.2 Å². The van der Waals surface area contributed by atoms with Crippen LogP contribution in [0.25, 0.3) is 0 Å². The highest BCUT2D eigenvalue weighted by Gasteiger charge is 2.42. The number of esters is 1. The van der Waals surface area contributed by atoms with Crippen LogP contribution in [0.15, 0.2) is 42.5 Å². The van der Waals surface area contributed by atoms with Crippen LogP contribution in [0, 0.1) is 17.1 Å². The van der Waals surface area contributed by atoms with E-state index in [9.17, 15) is 19.2 Å². The molecule has 1 aliphatic heterocycles. The molecule has 3 rings (SSSR count). The molecule has 0 spiro atoms. The molecular formula is C21H19FN2O4. The third-order valence-corrected chi connectivity index (χ3v) is 4.80. The molecule has 1 aliphatic rings. The van der Waals surface area contributed by atoms with Gasteiger partial charge in [0.1, 0.15) is 17.6 Å². The Hall–Kier alpha value is -3.24. The summed E-state index contributed by atoms with van der Waals surface area (Å²) in [7, 11) is 0. The van der Waals surface area contributed by atoms with Gasteiger partial charge in [0.05, 0.1) is 16.7 Å². The number of nitrogens with zero attached hydrogens (tertiary/aromatic N) is 1. The molecular weight excluding hydrogens is 363 g/mol. The predicted octanol–water partition coefficient (Wildman–Crippen LogP) is 3.31. The van der Waals surface area contributed by atoms with Gasteiger partial charge in [0.2, 0.25) is 5.91 Å². The maximum Gasteiger partial charge on any atom is 0.308 e. The first-order valence-corrected chi connectivity index (χ1v) is 8.82. The number of ether oxygens (including phenoxy) is 2. The van der Waals surface area contributed by atoms with E-state index in [2.05, 4.69) is 5.32 Å². The van der Waals surface area contributed by atoms with Crippen molar-refractivity contribution < 1.29 is 23.5 Å².